The Kier molecular flexibility index (Phi) is 8.55. The molecule has 256 valence electrons. The molecule has 9 heteroatoms. The first-order chi connectivity index (χ1) is 24.8. The Balaban J connectivity index is 1.01. The number of anilines is 1. The summed E-state index contributed by atoms with van der Waals surface area (Å²) in [4.78, 5) is 45.3. The van der Waals surface area contributed by atoms with Crippen molar-refractivity contribution in [2.24, 2.45) is 4.99 Å². The van der Waals surface area contributed by atoms with Crippen LogP contribution in [-0.2, 0) is 22.4 Å². The van der Waals surface area contributed by atoms with Crippen LogP contribution in [0, 0.1) is 0 Å². The lowest BCUT2D eigenvalue weighted by molar-refractivity contribution is -0.118. The minimum Gasteiger partial charge on any atom is -0.387 e. The van der Waals surface area contributed by atoms with E-state index < -0.39 is 0 Å². The number of allylic oxidation sites excluding steroid dienone is 2. The number of aliphatic imine (C=N–C) groups is 1. The summed E-state index contributed by atoms with van der Waals surface area (Å²) in [5, 5.41) is 8.37. The summed E-state index contributed by atoms with van der Waals surface area (Å²) < 4.78 is 0. The minimum absolute atomic E-state index is 0.0929. The van der Waals surface area contributed by atoms with E-state index in [1.165, 1.54) is 19.0 Å². The zero-order chi connectivity index (χ0) is 35.1. The molecule has 51 heavy (non-hydrogen) atoms. The fourth-order valence-electron chi connectivity index (χ4n) is 7.45. The molecule has 9 nitrogen and oxygen atoms in total. The molecule has 1 saturated heterocycles. The van der Waals surface area contributed by atoms with Crippen molar-refractivity contribution in [3.63, 3.8) is 0 Å². The summed E-state index contributed by atoms with van der Waals surface area (Å²) in [6.45, 7) is 6.70. The number of fused-ring (bicyclic) bond motifs is 1. The Bertz CT molecular complexity index is 2250. The maximum Gasteiger partial charge on any atom is 0.256 e. The summed E-state index contributed by atoms with van der Waals surface area (Å²) in [5.41, 5.74) is 11.2. The van der Waals surface area contributed by atoms with Gasteiger partial charge >= 0.3 is 0 Å². The van der Waals surface area contributed by atoms with Crippen molar-refractivity contribution < 1.29 is 9.59 Å². The van der Waals surface area contributed by atoms with Crippen molar-refractivity contribution in [3.05, 3.63) is 125 Å². The molecule has 2 aromatic heterocycles. The van der Waals surface area contributed by atoms with Crippen LogP contribution in [0.15, 0.2) is 107 Å². The maximum absolute atomic E-state index is 13.9. The summed E-state index contributed by atoms with van der Waals surface area (Å²) in [6.07, 6.45) is 11.6. The van der Waals surface area contributed by atoms with E-state index in [9.17, 15) is 9.59 Å². The fourth-order valence-corrected chi connectivity index (χ4v) is 7.45. The molecule has 0 radical (unpaired) electrons. The van der Waals surface area contributed by atoms with Gasteiger partial charge in [-0.2, -0.15) is 0 Å². The average Bonchev–Trinajstić information content (AvgIpc) is 3.92. The van der Waals surface area contributed by atoms with E-state index in [4.69, 9.17) is 15.0 Å². The fraction of sp³-hybridized carbons (Fsp3) is 0.262. The van der Waals surface area contributed by atoms with Crippen LogP contribution in [-0.4, -0.2) is 39.5 Å². The lowest BCUT2D eigenvalue weighted by Crippen LogP contribution is -2.34. The second-order valence-corrected chi connectivity index (χ2v) is 13.8. The van der Waals surface area contributed by atoms with Gasteiger partial charge in [-0.05, 0) is 78.3 Å². The van der Waals surface area contributed by atoms with Gasteiger partial charge in [0.1, 0.15) is 5.82 Å². The van der Waals surface area contributed by atoms with Crippen molar-refractivity contribution in [1.29, 1.82) is 0 Å². The van der Waals surface area contributed by atoms with Crippen LogP contribution in [0.1, 0.15) is 74.5 Å². The largest absolute Gasteiger partial charge is 0.387 e. The number of imidazole rings is 1. The molecule has 5 heterocycles. The molecule has 3 N–H and O–H groups in total. The van der Waals surface area contributed by atoms with Crippen LogP contribution in [0.4, 0.5) is 5.69 Å². The molecule has 0 saturated carbocycles. The number of hydrogen-bond donors (Lipinski definition) is 3. The quantitative estimate of drug-likeness (QED) is 0.121. The van der Waals surface area contributed by atoms with Crippen molar-refractivity contribution >= 4 is 34.5 Å². The van der Waals surface area contributed by atoms with Gasteiger partial charge in [-0.3, -0.25) is 24.5 Å². The highest BCUT2D eigenvalue weighted by Crippen LogP contribution is 2.45. The number of aromatic amines is 1. The van der Waals surface area contributed by atoms with Gasteiger partial charge in [0.25, 0.3) is 5.91 Å². The predicted octanol–water partition coefficient (Wildman–Crippen LogP) is 7.68. The number of amides is 2. The van der Waals surface area contributed by atoms with Crippen molar-refractivity contribution in [1.82, 2.24) is 25.6 Å². The monoisotopic (exact) mass is 675 g/mol. The summed E-state index contributed by atoms with van der Waals surface area (Å²) in [7, 11) is 0. The molecule has 1 fully saturated rings. The Morgan fingerprint density at radius 3 is 2.53 bits per heavy atom. The minimum atomic E-state index is -0.269. The number of pyridine rings is 1. The second kappa shape index (κ2) is 13.5. The van der Waals surface area contributed by atoms with Crippen LogP contribution in [0.25, 0.3) is 33.3 Å². The van der Waals surface area contributed by atoms with E-state index in [1.807, 2.05) is 23.5 Å². The normalized spacial score (nSPS) is 19.4. The molecule has 3 aromatic carbocycles. The maximum atomic E-state index is 13.9. The number of aromatic nitrogens is 3. The Morgan fingerprint density at radius 1 is 0.961 bits per heavy atom. The number of nitrogens with zero attached hydrogens (tertiary/aromatic N) is 4. The third kappa shape index (κ3) is 6.36. The predicted molar refractivity (Wildman–Crippen MR) is 202 cm³/mol. The number of benzene rings is 3. The molecule has 3 aliphatic heterocycles. The molecular formula is C42H41N7O2. The number of carbonyl (C=O) groups is 2. The zero-order valence-electron chi connectivity index (χ0n) is 29.2. The number of carbonyl (C=O) groups excluding carboxylic acids is 2. The Labute approximate surface area is 297 Å². The first-order valence-electron chi connectivity index (χ1n) is 17.8. The van der Waals surface area contributed by atoms with E-state index in [1.54, 1.807) is 6.20 Å². The van der Waals surface area contributed by atoms with Gasteiger partial charge in [0.2, 0.25) is 5.91 Å². The van der Waals surface area contributed by atoms with Crippen molar-refractivity contribution in [2.45, 2.75) is 64.8 Å². The van der Waals surface area contributed by atoms with Gasteiger partial charge in [-0.1, -0.05) is 55.5 Å². The van der Waals surface area contributed by atoms with E-state index in [-0.39, 0.29) is 23.8 Å². The van der Waals surface area contributed by atoms with Crippen LogP contribution in [0.5, 0.6) is 0 Å². The highest BCUT2D eigenvalue weighted by atomic mass is 16.2. The first-order valence-corrected chi connectivity index (χ1v) is 17.8. The van der Waals surface area contributed by atoms with E-state index in [0.29, 0.717) is 18.4 Å². The van der Waals surface area contributed by atoms with Crippen LogP contribution in [0.2, 0.25) is 0 Å². The van der Waals surface area contributed by atoms with Crippen LogP contribution in [0.3, 0.4) is 0 Å². The number of H-pyrrole nitrogens is 1. The number of aryl methyl sites for hydroxylation is 1. The standard InChI is InChI=1S/C42H41N7O2/c1-25(21-44-26(2)36-8-5-17-43-36)34-15-16-37(46-22-34)31-12-10-30-19-32(13-11-29(30)18-31)38-24-47-41(48-38)39-20-33-7-4-6-28-9-14-35(23-45-27(3)50)42(51)49(39)40(28)33/h4,6-7,10-13,15-16,18-19,21-25,39,43H,5,8-9,14,17,20H2,1-3H3,(H,45,50)(H,47,48)/b35-23-,36-26+,44-21?. The van der Waals surface area contributed by atoms with Gasteiger partial charge in [-0.15, -0.1) is 0 Å². The smallest absolute Gasteiger partial charge is 0.256 e. The molecule has 0 spiro atoms. The lowest BCUT2D eigenvalue weighted by atomic mass is 10.00. The molecule has 3 aliphatic rings. The second-order valence-electron chi connectivity index (χ2n) is 13.8. The van der Waals surface area contributed by atoms with Crippen molar-refractivity contribution in [2.75, 3.05) is 11.4 Å². The summed E-state index contributed by atoms with van der Waals surface area (Å²) >= 11 is 0. The SMILES string of the molecule is CC(=O)N/C=C1/CCc2cccc3c2N(C1=O)C(c1ncc(-c2ccc4cc(-c5ccc(C(C)C=N/C(C)=C6\CCCN6)cn5)ccc4c2)[nH]1)C3. The van der Waals surface area contributed by atoms with Gasteiger partial charge in [0.05, 0.1) is 35.0 Å². The molecule has 0 bridgehead atoms. The average molecular weight is 676 g/mol. The number of para-hydroxylation sites is 1. The van der Waals surface area contributed by atoms with Crippen LogP contribution >= 0.6 is 0 Å². The molecule has 2 atom stereocenters. The highest BCUT2D eigenvalue weighted by Gasteiger charge is 2.40. The Hall–Kier alpha value is -5.83. The topological polar surface area (TPSA) is 115 Å². The van der Waals surface area contributed by atoms with E-state index in [0.717, 1.165) is 86.6 Å². The van der Waals surface area contributed by atoms with Gasteiger partial charge < -0.3 is 15.6 Å². The van der Waals surface area contributed by atoms with Crippen molar-refractivity contribution in [3.8, 4) is 22.5 Å². The third-order valence-electron chi connectivity index (χ3n) is 10.3. The number of hydrogen-bond acceptors (Lipinski definition) is 6. The van der Waals surface area contributed by atoms with Gasteiger partial charge in [0.15, 0.2) is 0 Å². The number of rotatable bonds is 7. The van der Waals surface area contributed by atoms with E-state index >= 15 is 0 Å². The molecule has 8 rings (SSSR count). The molecule has 2 unspecified atom stereocenters. The van der Waals surface area contributed by atoms with Gasteiger partial charge in [-0.25, -0.2) is 4.98 Å². The lowest BCUT2D eigenvalue weighted by Gasteiger charge is -2.24. The zero-order valence-corrected chi connectivity index (χ0v) is 29.2. The molecule has 0 aliphatic carbocycles. The van der Waals surface area contributed by atoms with Gasteiger partial charge in [0, 0.05) is 66.8 Å². The Morgan fingerprint density at radius 2 is 1.76 bits per heavy atom. The molecule has 5 aromatic rings. The first kappa shape index (κ1) is 32.4. The summed E-state index contributed by atoms with van der Waals surface area (Å²) in [6, 6.07) is 23.0. The summed E-state index contributed by atoms with van der Waals surface area (Å²) in [5.74, 6) is 0.614. The number of nitrogens with one attached hydrogen (secondary N) is 3. The molecular weight excluding hydrogens is 635 g/mol. The van der Waals surface area contributed by atoms with Crippen LogP contribution < -0.4 is 15.5 Å². The van der Waals surface area contributed by atoms with E-state index in [2.05, 4.69) is 96.2 Å². The third-order valence-corrected chi connectivity index (χ3v) is 10.3. The highest BCUT2D eigenvalue weighted by molar-refractivity contribution is 6.09. The molecule has 2 amide bonds.